The number of rotatable bonds is 11. The number of hydrogen-bond donors (Lipinski definition) is 0. The molecule has 1 aliphatic rings. The number of halogens is 7. The van der Waals surface area contributed by atoms with Crippen LogP contribution >= 0.6 is 11.6 Å². The van der Waals surface area contributed by atoms with Crippen LogP contribution in [0.4, 0.5) is 32.0 Å². The molecule has 21 heteroatoms. The van der Waals surface area contributed by atoms with Gasteiger partial charge >= 0.3 is 24.3 Å². The summed E-state index contributed by atoms with van der Waals surface area (Å²) in [6.07, 6.45) is -7.09. The highest BCUT2D eigenvalue weighted by molar-refractivity contribution is 7.90. The molecule has 1 heterocycles. The van der Waals surface area contributed by atoms with Crippen LogP contribution in [-0.2, 0) is 36.5 Å². The maximum absolute atomic E-state index is 12.8. The van der Waals surface area contributed by atoms with E-state index in [0.717, 1.165) is 55.5 Å². The third kappa shape index (κ3) is 10.6. The lowest BCUT2D eigenvalue weighted by atomic mass is 10.0. The Bertz CT molecular complexity index is 2240. The molecule has 0 N–H and O–H groups in total. The van der Waals surface area contributed by atoms with Crippen molar-refractivity contribution in [2.45, 2.75) is 56.0 Å². The van der Waals surface area contributed by atoms with Gasteiger partial charge in [0.1, 0.15) is 17.1 Å². The lowest BCUT2D eigenvalue weighted by Crippen LogP contribution is -2.26. The van der Waals surface area contributed by atoms with Gasteiger partial charge in [-0.25, -0.2) is 18.0 Å². The van der Waals surface area contributed by atoms with Crippen molar-refractivity contribution in [1.82, 2.24) is 5.16 Å². The zero-order valence-electron chi connectivity index (χ0n) is 28.5. The summed E-state index contributed by atoms with van der Waals surface area (Å²) in [5.41, 5.74) is -3.54. The summed E-state index contributed by atoms with van der Waals surface area (Å²) in [5, 5.41) is 14.4. The molecule has 1 fully saturated rings. The number of aromatic nitrogens is 1. The van der Waals surface area contributed by atoms with Gasteiger partial charge in [-0.2, -0.15) is 26.3 Å². The van der Waals surface area contributed by atoms with E-state index < -0.39 is 78.2 Å². The number of carbonyl (C=O) groups excluding carboxylic acids is 3. The van der Waals surface area contributed by atoms with Gasteiger partial charge < -0.3 is 18.7 Å². The molecule has 1 saturated carbocycles. The third-order valence-corrected chi connectivity index (χ3v) is 8.95. The minimum absolute atomic E-state index is 0.0398. The second-order valence-corrected chi connectivity index (χ2v) is 14.1. The van der Waals surface area contributed by atoms with E-state index >= 15 is 0 Å². The standard InChI is InChI=1S/C19H15ClF3NO7.C15H12F3NO4S/c1-3-29-17(25)10(2)30-18(26)13-9-12(5-6-15(13)24(27)28)31-16-7-4-11(8-14(16)20)19(21,22)23;1-24(21,22)12-6-9(15(16,17)18)4-5-10(12)13(20)11-7-19-23-14(11)8-2-3-8/h4-10H,3H2,1-2H3;4-8H,2-3H2,1H3. The van der Waals surface area contributed by atoms with E-state index in [0.29, 0.717) is 24.0 Å². The number of carbonyl (C=O) groups is 3. The Morgan fingerprint density at radius 3 is 2.13 bits per heavy atom. The van der Waals surface area contributed by atoms with Crippen molar-refractivity contribution in [3.63, 3.8) is 0 Å². The number of nitro benzene ring substituents is 1. The first-order valence-electron chi connectivity index (χ1n) is 15.6. The quantitative estimate of drug-likeness (QED) is 0.0464. The van der Waals surface area contributed by atoms with Crippen LogP contribution in [0.3, 0.4) is 0 Å². The monoisotopic (exact) mass is 820 g/mol. The number of alkyl halides is 6. The fraction of sp³-hybridized carbons (Fsp3) is 0.294. The molecule has 55 heavy (non-hydrogen) atoms. The van der Waals surface area contributed by atoms with Crippen LogP contribution in [0.25, 0.3) is 0 Å². The predicted octanol–water partition coefficient (Wildman–Crippen LogP) is 8.37. The molecule has 1 atom stereocenters. The summed E-state index contributed by atoms with van der Waals surface area (Å²) in [4.78, 5) is 46.4. The summed E-state index contributed by atoms with van der Waals surface area (Å²) >= 11 is 5.83. The smallest absolute Gasteiger partial charge is 0.416 e. The van der Waals surface area contributed by atoms with Crippen molar-refractivity contribution in [2.75, 3.05) is 12.9 Å². The van der Waals surface area contributed by atoms with E-state index in [1.165, 1.54) is 13.1 Å². The van der Waals surface area contributed by atoms with E-state index in [-0.39, 0.29) is 40.2 Å². The first kappa shape index (κ1) is 42.2. The molecular formula is C34H27ClF6N2O11S. The Morgan fingerprint density at radius 1 is 0.964 bits per heavy atom. The van der Waals surface area contributed by atoms with Crippen LogP contribution < -0.4 is 4.74 Å². The van der Waals surface area contributed by atoms with Crippen LogP contribution in [0.15, 0.2) is 70.2 Å². The molecule has 4 aromatic rings. The van der Waals surface area contributed by atoms with Gasteiger partial charge in [0.2, 0.25) is 0 Å². The van der Waals surface area contributed by atoms with Gasteiger partial charge in [0.05, 0.1) is 44.3 Å². The van der Waals surface area contributed by atoms with Crippen molar-refractivity contribution in [3.05, 3.63) is 110 Å². The Labute approximate surface area is 312 Å². The normalized spacial score (nSPS) is 13.6. The van der Waals surface area contributed by atoms with Gasteiger partial charge in [-0.05, 0) is 69.2 Å². The van der Waals surface area contributed by atoms with Crippen molar-refractivity contribution < 1.29 is 72.8 Å². The van der Waals surface area contributed by atoms with Crippen LogP contribution in [0, 0.1) is 10.1 Å². The number of hydrogen-bond acceptors (Lipinski definition) is 12. The van der Waals surface area contributed by atoms with Crippen LogP contribution in [-0.4, -0.2) is 55.2 Å². The van der Waals surface area contributed by atoms with Gasteiger partial charge in [-0.15, -0.1) is 0 Å². The Hall–Kier alpha value is -5.50. The molecule has 3 aromatic carbocycles. The second-order valence-electron chi connectivity index (χ2n) is 11.7. The van der Waals surface area contributed by atoms with Gasteiger partial charge in [-0.1, -0.05) is 16.8 Å². The first-order chi connectivity index (χ1) is 25.5. The van der Waals surface area contributed by atoms with Gasteiger partial charge in [0, 0.05) is 29.9 Å². The second kappa shape index (κ2) is 16.5. The number of ether oxygens (including phenoxy) is 3. The summed E-state index contributed by atoms with van der Waals surface area (Å²) in [7, 11) is -4.04. The summed E-state index contributed by atoms with van der Waals surface area (Å²) < 4.78 is 121. The number of ketones is 1. The molecule has 0 radical (unpaired) electrons. The Kier molecular flexibility index (Phi) is 12.7. The van der Waals surface area contributed by atoms with Crippen LogP contribution in [0.5, 0.6) is 11.5 Å². The van der Waals surface area contributed by atoms with Crippen molar-refractivity contribution in [3.8, 4) is 11.5 Å². The average Bonchev–Trinajstić information content (AvgIpc) is 3.82. The highest BCUT2D eigenvalue weighted by Gasteiger charge is 2.36. The minimum Gasteiger partial charge on any atom is -0.463 e. The van der Waals surface area contributed by atoms with Gasteiger partial charge in [0.15, 0.2) is 27.5 Å². The van der Waals surface area contributed by atoms with Crippen molar-refractivity contribution in [2.24, 2.45) is 0 Å². The molecule has 1 aliphatic carbocycles. The Morgan fingerprint density at radius 2 is 1.58 bits per heavy atom. The Balaban J connectivity index is 0.000000252. The lowest BCUT2D eigenvalue weighted by molar-refractivity contribution is -0.385. The molecule has 1 unspecified atom stereocenters. The fourth-order valence-corrected chi connectivity index (χ4v) is 5.84. The number of benzene rings is 3. The molecule has 0 aliphatic heterocycles. The van der Waals surface area contributed by atoms with E-state index in [1.807, 2.05) is 0 Å². The van der Waals surface area contributed by atoms with E-state index in [4.69, 9.17) is 30.3 Å². The molecule has 0 bridgehead atoms. The maximum atomic E-state index is 12.8. The summed E-state index contributed by atoms with van der Waals surface area (Å²) in [5.74, 6) is -2.68. The third-order valence-electron chi connectivity index (χ3n) is 7.52. The molecular weight excluding hydrogens is 794 g/mol. The number of esters is 2. The SMILES string of the molecule is CCOC(=O)C(C)OC(=O)c1cc(Oc2ccc(C(F)(F)F)cc2Cl)ccc1[N+](=O)[O-].CS(=O)(=O)c1cc(C(F)(F)F)ccc1C(=O)c1cnoc1C1CC1. The summed E-state index contributed by atoms with van der Waals surface area (Å²) in [6, 6.07) is 7.42. The number of sulfone groups is 1. The number of nitrogens with zero attached hydrogens (tertiary/aromatic N) is 2. The van der Waals surface area contributed by atoms with Crippen LogP contribution in [0.2, 0.25) is 5.02 Å². The lowest BCUT2D eigenvalue weighted by Gasteiger charge is -2.13. The fourth-order valence-electron chi connectivity index (χ4n) is 4.72. The molecule has 5 rings (SSSR count). The van der Waals surface area contributed by atoms with Crippen molar-refractivity contribution in [1.29, 1.82) is 0 Å². The predicted molar refractivity (Wildman–Crippen MR) is 178 cm³/mol. The van der Waals surface area contributed by atoms with E-state index in [2.05, 4.69) is 5.16 Å². The molecule has 0 saturated heterocycles. The first-order valence-corrected chi connectivity index (χ1v) is 17.9. The maximum Gasteiger partial charge on any atom is 0.416 e. The highest BCUT2D eigenvalue weighted by atomic mass is 35.5. The minimum atomic E-state index is -4.71. The van der Waals surface area contributed by atoms with E-state index in [9.17, 15) is 59.3 Å². The van der Waals surface area contributed by atoms with Crippen LogP contribution in [0.1, 0.15) is 75.8 Å². The molecule has 1 aromatic heterocycles. The molecule has 294 valence electrons. The molecule has 0 amide bonds. The molecule has 13 nitrogen and oxygen atoms in total. The van der Waals surface area contributed by atoms with Gasteiger partial charge in [0.25, 0.3) is 5.69 Å². The van der Waals surface area contributed by atoms with E-state index in [1.54, 1.807) is 6.92 Å². The average molecular weight is 821 g/mol. The largest absolute Gasteiger partial charge is 0.463 e. The zero-order chi connectivity index (χ0) is 41.0. The highest BCUT2D eigenvalue weighted by Crippen LogP contribution is 2.43. The number of nitro groups is 1. The van der Waals surface area contributed by atoms with Crippen molar-refractivity contribution >= 4 is 44.8 Å². The zero-order valence-corrected chi connectivity index (χ0v) is 30.1. The molecule has 0 spiro atoms. The topological polar surface area (TPSA) is 182 Å². The van der Waals surface area contributed by atoms with Gasteiger partial charge in [-0.3, -0.25) is 14.9 Å². The summed E-state index contributed by atoms with van der Waals surface area (Å²) in [6.45, 7) is 2.81.